The van der Waals surface area contributed by atoms with Gasteiger partial charge in [-0.2, -0.15) is 0 Å². The number of carbonyl (C=O) groups is 1. The second-order valence-corrected chi connectivity index (χ2v) is 7.37. The first-order valence-corrected chi connectivity index (χ1v) is 9.15. The number of rotatable bonds is 6. The van der Waals surface area contributed by atoms with Gasteiger partial charge in [-0.05, 0) is 44.0 Å². The molecule has 128 valence electrons. The fourth-order valence-corrected chi connectivity index (χ4v) is 3.30. The highest BCUT2D eigenvalue weighted by atomic mass is 35.5. The summed E-state index contributed by atoms with van der Waals surface area (Å²) in [6.45, 7) is 3.18. The summed E-state index contributed by atoms with van der Waals surface area (Å²) in [5.74, 6) is 0.614. The van der Waals surface area contributed by atoms with E-state index in [1.165, 1.54) is 11.8 Å². The normalized spacial score (nSPS) is 18.5. The number of thioether (sulfide) groups is 1. The fraction of sp³-hybridized carbons (Fsp3) is 0.412. The van der Waals surface area contributed by atoms with Crippen LogP contribution in [-0.2, 0) is 9.53 Å². The molecule has 0 radical (unpaired) electrons. The number of nitrogens with zero attached hydrogens (tertiary/aromatic N) is 1. The lowest BCUT2D eigenvalue weighted by Crippen LogP contribution is -2.36. The number of ether oxygens (including phenoxy) is 1. The third kappa shape index (κ3) is 4.53. The molecule has 1 N–H and O–H groups in total. The van der Waals surface area contributed by atoms with Gasteiger partial charge in [0.15, 0.2) is 5.76 Å². The van der Waals surface area contributed by atoms with E-state index in [1.807, 2.05) is 19.1 Å². The molecular weight excluding hydrogens is 348 g/mol. The van der Waals surface area contributed by atoms with Crippen molar-refractivity contribution in [2.45, 2.75) is 36.3 Å². The van der Waals surface area contributed by atoms with E-state index < -0.39 is 0 Å². The van der Waals surface area contributed by atoms with Gasteiger partial charge in [0.2, 0.25) is 5.91 Å². The number of oxazole rings is 1. The summed E-state index contributed by atoms with van der Waals surface area (Å²) in [6, 6.07) is 7.34. The van der Waals surface area contributed by atoms with E-state index in [9.17, 15) is 4.79 Å². The minimum atomic E-state index is -0.289. The first-order chi connectivity index (χ1) is 11.6. The largest absolute Gasteiger partial charge is 0.431 e. The monoisotopic (exact) mass is 366 g/mol. The standard InChI is InChI=1S/C17H19ClN2O3S/c1-11(16(21)19-9-14-3-2-8-22-14)24-17-20-10-15(23-17)12-4-6-13(18)7-5-12/h4-7,10-11,14H,2-3,8-9H2,1H3,(H,19,21)/t11-,14+/m1/s1. The first kappa shape index (κ1) is 17.3. The number of amides is 1. The molecule has 2 heterocycles. The average Bonchev–Trinajstić information content (AvgIpc) is 3.25. The predicted octanol–water partition coefficient (Wildman–Crippen LogP) is 3.77. The van der Waals surface area contributed by atoms with E-state index in [2.05, 4.69) is 10.3 Å². The molecule has 1 aliphatic heterocycles. The van der Waals surface area contributed by atoms with Crippen LogP contribution in [0.4, 0.5) is 0 Å². The average molecular weight is 367 g/mol. The Morgan fingerprint density at radius 2 is 2.25 bits per heavy atom. The van der Waals surface area contributed by atoms with Gasteiger partial charge in [0, 0.05) is 23.7 Å². The van der Waals surface area contributed by atoms with Crippen LogP contribution in [0.1, 0.15) is 19.8 Å². The Hall–Kier alpha value is -1.50. The highest BCUT2D eigenvalue weighted by Gasteiger charge is 2.21. The molecule has 0 unspecified atom stereocenters. The minimum absolute atomic E-state index is 0.0401. The molecule has 1 aromatic heterocycles. The topological polar surface area (TPSA) is 64.4 Å². The second kappa shape index (κ2) is 8.05. The smallest absolute Gasteiger partial charge is 0.256 e. The van der Waals surface area contributed by atoms with Gasteiger partial charge in [-0.25, -0.2) is 4.98 Å². The third-order valence-corrected chi connectivity index (χ3v) is 5.00. The van der Waals surface area contributed by atoms with Crippen molar-refractivity contribution in [2.75, 3.05) is 13.2 Å². The van der Waals surface area contributed by atoms with Crippen LogP contribution in [0.5, 0.6) is 0 Å². The molecule has 1 fully saturated rings. The molecule has 0 aliphatic carbocycles. The second-order valence-electron chi connectivity index (χ2n) is 5.64. The zero-order valence-electron chi connectivity index (χ0n) is 13.3. The predicted molar refractivity (Wildman–Crippen MR) is 94.3 cm³/mol. The van der Waals surface area contributed by atoms with Crippen LogP contribution >= 0.6 is 23.4 Å². The number of carbonyl (C=O) groups excluding carboxylic acids is 1. The first-order valence-electron chi connectivity index (χ1n) is 7.89. The number of aromatic nitrogens is 1. The molecule has 1 aliphatic rings. The lowest BCUT2D eigenvalue weighted by Gasteiger charge is -2.13. The van der Waals surface area contributed by atoms with E-state index in [-0.39, 0.29) is 17.3 Å². The summed E-state index contributed by atoms with van der Waals surface area (Å²) >= 11 is 7.18. The van der Waals surface area contributed by atoms with Crippen LogP contribution in [0.15, 0.2) is 40.1 Å². The number of nitrogens with one attached hydrogen (secondary N) is 1. The molecule has 7 heteroatoms. The van der Waals surface area contributed by atoms with Gasteiger partial charge in [0.25, 0.3) is 5.22 Å². The fourth-order valence-electron chi connectivity index (χ4n) is 2.43. The van der Waals surface area contributed by atoms with Gasteiger partial charge in [0.05, 0.1) is 17.6 Å². The van der Waals surface area contributed by atoms with Crippen molar-refractivity contribution in [3.63, 3.8) is 0 Å². The molecule has 2 atom stereocenters. The molecule has 1 amide bonds. The number of halogens is 1. The Bertz CT molecular complexity index is 683. The quantitative estimate of drug-likeness (QED) is 0.788. The Morgan fingerprint density at radius 3 is 2.96 bits per heavy atom. The van der Waals surface area contributed by atoms with Gasteiger partial charge in [0.1, 0.15) is 0 Å². The highest BCUT2D eigenvalue weighted by molar-refractivity contribution is 8.00. The van der Waals surface area contributed by atoms with E-state index in [4.69, 9.17) is 20.8 Å². The van der Waals surface area contributed by atoms with Crippen LogP contribution in [0, 0.1) is 0 Å². The zero-order chi connectivity index (χ0) is 16.9. The van der Waals surface area contributed by atoms with Gasteiger partial charge >= 0.3 is 0 Å². The van der Waals surface area contributed by atoms with Gasteiger partial charge in [-0.15, -0.1) is 0 Å². The summed E-state index contributed by atoms with van der Waals surface area (Å²) in [4.78, 5) is 16.4. The van der Waals surface area contributed by atoms with Crippen molar-refractivity contribution in [2.24, 2.45) is 0 Å². The zero-order valence-corrected chi connectivity index (χ0v) is 14.9. The van der Waals surface area contributed by atoms with Crippen LogP contribution < -0.4 is 5.32 Å². The van der Waals surface area contributed by atoms with Gasteiger partial charge in [-0.3, -0.25) is 4.79 Å². The molecular formula is C17H19ClN2O3S. The van der Waals surface area contributed by atoms with Crippen molar-refractivity contribution >= 4 is 29.3 Å². The number of hydrogen-bond acceptors (Lipinski definition) is 5. The van der Waals surface area contributed by atoms with Crippen molar-refractivity contribution < 1.29 is 13.9 Å². The SMILES string of the molecule is C[C@@H](Sc1ncc(-c2ccc(Cl)cc2)o1)C(=O)NC[C@@H]1CCCO1. The number of hydrogen-bond donors (Lipinski definition) is 1. The van der Waals surface area contributed by atoms with Crippen molar-refractivity contribution in [1.82, 2.24) is 10.3 Å². The Morgan fingerprint density at radius 1 is 1.46 bits per heavy atom. The maximum absolute atomic E-state index is 12.1. The summed E-state index contributed by atoms with van der Waals surface area (Å²) in [6.07, 6.45) is 3.87. The van der Waals surface area contributed by atoms with Gasteiger partial charge < -0.3 is 14.5 Å². The third-order valence-electron chi connectivity index (χ3n) is 3.79. The summed E-state index contributed by atoms with van der Waals surface area (Å²) in [7, 11) is 0. The Labute approximate surface area is 150 Å². The van der Waals surface area contributed by atoms with E-state index in [0.717, 1.165) is 25.0 Å². The molecule has 3 rings (SSSR count). The van der Waals surface area contributed by atoms with Gasteiger partial charge in [-0.1, -0.05) is 23.4 Å². The Balaban J connectivity index is 1.53. The lowest BCUT2D eigenvalue weighted by atomic mass is 10.2. The Kier molecular flexibility index (Phi) is 5.81. The van der Waals surface area contributed by atoms with Crippen molar-refractivity contribution in [1.29, 1.82) is 0 Å². The van der Waals surface area contributed by atoms with Crippen LogP contribution in [-0.4, -0.2) is 35.4 Å². The highest BCUT2D eigenvalue weighted by Crippen LogP contribution is 2.28. The number of benzene rings is 1. The van der Waals surface area contributed by atoms with Crippen LogP contribution in [0.25, 0.3) is 11.3 Å². The van der Waals surface area contributed by atoms with Crippen molar-refractivity contribution in [3.8, 4) is 11.3 Å². The molecule has 0 bridgehead atoms. The van der Waals surface area contributed by atoms with Crippen LogP contribution in [0.2, 0.25) is 5.02 Å². The van der Waals surface area contributed by atoms with E-state index in [1.54, 1.807) is 18.3 Å². The van der Waals surface area contributed by atoms with E-state index >= 15 is 0 Å². The maximum Gasteiger partial charge on any atom is 0.256 e. The molecule has 0 spiro atoms. The molecule has 5 nitrogen and oxygen atoms in total. The molecule has 1 saturated heterocycles. The lowest BCUT2D eigenvalue weighted by molar-refractivity contribution is -0.120. The van der Waals surface area contributed by atoms with Crippen molar-refractivity contribution in [3.05, 3.63) is 35.5 Å². The molecule has 0 saturated carbocycles. The molecule has 1 aromatic carbocycles. The van der Waals surface area contributed by atoms with E-state index in [0.29, 0.717) is 22.6 Å². The summed E-state index contributed by atoms with van der Waals surface area (Å²) < 4.78 is 11.2. The summed E-state index contributed by atoms with van der Waals surface area (Å²) in [5.41, 5.74) is 0.897. The molecule has 2 aromatic rings. The van der Waals surface area contributed by atoms with Crippen LogP contribution in [0.3, 0.4) is 0 Å². The minimum Gasteiger partial charge on any atom is -0.431 e. The molecule has 24 heavy (non-hydrogen) atoms. The maximum atomic E-state index is 12.1. The summed E-state index contributed by atoms with van der Waals surface area (Å²) in [5, 5.41) is 3.77.